The van der Waals surface area contributed by atoms with Crippen LogP contribution in [0, 0.1) is 13.8 Å². The first-order valence-electron chi connectivity index (χ1n) is 5.37. The Balaban J connectivity index is 2.24. The maximum absolute atomic E-state index is 12.0. The lowest BCUT2D eigenvalue weighted by Gasteiger charge is -2.05. The summed E-state index contributed by atoms with van der Waals surface area (Å²) in [4.78, 5) is 12.0. The number of rotatable bonds is 3. The zero-order valence-electron chi connectivity index (χ0n) is 9.86. The third-order valence-electron chi connectivity index (χ3n) is 2.78. The van der Waals surface area contributed by atoms with Crippen LogP contribution in [-0.4, -0.2) is 10.9 Å². The second-order valence-corrected chi connectivity index (χ2v) is 4.08. The molecule has 17 heavy (non-hydrogen) atoms. The number of ketones is 1. The lowest BCUT2D eigenvalue weighted by Crippen LogP contribution is -2.05. The fourth-order valence-electron chi connectivity index (χ4n) is 1.72. The fourth-order valence-corrected chi connectivity index (χ4v) is 1.72. The number of carbonyl (C=O) groups excluding carboxylic acids is 1. The SMILES string of the molecule is Cc1ccc(N)cc1CC(=O)c1cnoc1C. The molecule has 1 heterocycles. The minimum absolute atomic E-state index is 0.00236. The van der Waals surface area contributed by atoms with Crippen molar-refractivity contribution in [1.29, 1.82) is 0 Å². The molecule has 1 aromatic heterocycles. The van der Waals surface area contributed by atoms with Gasteiger partial charge in [-0.2, -0.15) is 0 Å². The fraction of sp³-hybridized carbons (Fsp3) is 0.231. The first-order valence-corrected chi connectivity index (χ1v) is 5.37. The summed E-state index contributed by atoms with van der Waals surface area (Å²) in [6, 6.07) is 5.57. The predicted octanol–water partition coefficient (Wildman–Crippen LogP) is 2.30. The van der Waals surface area contributed by atoms with Crippen molar-refractivity contribution in [3.05, 3.63) is 46.8 Å². The highest BCUT2D eigenvalue weighted by atomic mass is 16.5. The summed E-state index contributed by atoms with van der Waals surface area (Å²) in [6.45, 7) is 3.69. The molecule has 2 N–H and O–H groups in total. The van der Waals surface area contributed by atoms with Crippen molar-refractivity contribution < 1.29 is 9.32 Å². The van der Waals surface area contributed by atoms with Crippen LogP contribution in [0.3, 0.4) is 0 Å². The van der Waals surface area contributed by atoms with Crippen LogP contribution in [0.25, 0.3) is 0 Å². The molecule has 0 aliphatic carbocycles. The number of Topliss-reactive ketones (excluding diaryl/α,β-unsaturated/α-hetero) is 1. The molecule has 4 heteroatoms. The highest BCUT2D eigenvalue weighted by molar-refractivity contribution is 5.98. The molecule has 0 saturated carbocycles. The lowest BCUT2D eigenvalue weighted by molar-refractivity contribution is 0.0991. The quantitative estimate of drug-likeness (QED) is 0.648. The van der Waals surface area contributed by atoms with Crippen molar-refractivity contribution in [3.8, 4) is 0 Å². The van der Waals surface area contributed by atoms with Crippen LogP contribution in [0.5, 0.6) is 0 Å². The number of aryl methyl sites for hydroxylation is 2. The van der Waals surface area contributed by atoms with Gasteiger partial charge in [-0.25, -0.2) is 0 Å². The number of carbonyl (C=O) groups is 1. The van der Waals surface area contributed by atoms with E-state index in [0.29, 0.717) is 23.4 Å². The molecule has 0 bridgehead atoms. The van der Waals surface area contributed by atoms with Gasteiger partial charge < -0.3 is 10.3 Å². The summed E-state index contributed by atoms with van der Waals surface area (Å²) in [5, 5.41) is 3.60. The summed E-state index contributed by atoms with van der Waals surface area (Å²) in [5.41, 5.74) is 8.91. The van der Waals surface area contributed by atoms with Crippen molar-refractivity contribution in [1.82, 2.24) is 5.16 Å². The van der Waals surface area contributed by atoms with Gasteiger partial charge in [-0.15, -0.1) is 0 Å². The van der Waals surface area contributed by atoms with Gasteiger partial charge >= 0.3 is 0 Å². The van der Waals surface area contributed by atoms with Gasteiger partial charge in [-0.1, -0.05) is 11.2 Å². The number of nitrogen functional groups attached to an aromatic ring is 1. The first-order chi connectivity index (χ1) is 8.08. The molecule has 2 aromatic rings. The second kappa shape index (κ2) is 4.41. The van der Waals surface area contributed by atoms with E-state index in [9.17, 15) is 4.79 Å². The van der Waals surface area contributed by atoms with Crippen LogP contribution in [0.2, 0.25) is 0 Å². The number of hydrogen-bond donors (Lipinski definition) is 1. The van der Waals surface area contributed by atoms with Crippen LogP contribution < -0.4 is 5.73 Å². The van der Waals surface area contributed by atoms with Gasteiger partial charge in [0.25, 0.3) is 0 Å². The Labute approximate surface area is 99.4 Å². The summed E-state index contributed by atoms with van der Waals surface area (Å²) in [6.07, 6.45) is 1.78. The zero-order chi connectivity index (χ0) is 12.4. The molecule has 0 amide bonds. The van der Waals surface area contributed by atoms with Crippen LogP contribution in [-0.2, 0) is 6.42 Å². The Hall–Kier alpha value is -2.10. The molecule has 0 fully saturated rings. The van der Waals surface area contributed by atoms with E-state index in [2.05, 4.69) is 5.16 Å². The topological polar surface area (TPSA) is 69.1 Å². The third kappa shape index (κ3) is 2.36. The summed E-state index contributed by atoms with van der Waals surface area (Å²) < 4.78 is 4.88. The smallest absolute Gasteiger partial charge is 0.172 e. The van der Waals surface area contributed by atoms with E-state index in [1.165, 1.54) is 6.20 Å². The Morgan fingerprint density at radius 2 is 2.18 bits per heavy atom. The number of aromatic nitrogens is 1. The predicted molar refractivity (Wildman–Crippen MR) is 64.9 cm³/mol. The number of nitrogens with zero attached hydrogens (tertiary/aromatic N) is 1. The Morgan fingerprint density at radius 1 is 1.41 bits per heavy atom. The van der Waals surface area contributed by atoms with Crippen LogP contribution >= 0.6 is 0 Å². The Bertz CT molecular complexity index is 558. The maximum Gasteiger partial charge on any atom is 0.172 e. The molecular weight excluding hydrogens is 216 g/mol. The van der Waals surface area contributed by atoms with E-state index in [1.807, 2.05) is 25.1 Å². The molecule has 0 radical (unpaired) electrons. The summed E-state index contributed by atoms with van der Waals surface area (Å²) >= 11 is 0. The number of hydrogen-bond acceptors (Lipinski definition) is 4. The van der Waals surface area contributed by atoms with E-state index >= 15 is 0 Å². The van der Waals surface area contributed by atoms with E-state index in [0.717, 1.165) is 11.1 Å². The molecule has 88 valence electrons. The van der Waals surface area contributed by atoms with Gasteiger partial charge in [0.05, 0.1) is 11.8 Å². The normalized spacial score (nSPS) is 10.5. The van der Waals surface area contributed by atoms with Crippen LogP contribution in [0.15, 0.2) is 28.9 Å². The third-order valence-corrected chi connectivity index (χ3v) is 2.78. The van der Waals surface area contributed by atoms with Gasteiger partial charge in [0.15, 0.2) is 5.78 Å². The average molecular weight is 230 g/mol. The first kappa shape index (κ1) is 11.4. The molecule has 0 aliphatic rings. The average Bonchev–Trinajstić information content (AvgIpc) is 2.70. The van der Waals surface area contributed by atoms with Crippen molar-refractivity contribution in [3.63, 3.8) is 0 Å². The van der Waals surface area contributed by atoms with Gasteiger partial charge in [0.1, 0.15) is 5.76 Å². The maximum atomic E-state index is 12.0. The molecule has 0 unspecified atom stereocenters. The van der Waals surface area contributed by atoms with E-state index in [-0.39, 0.29) is 5.78 Å². The minimum atomic E-state index is -0.00236. The van der Waals surface area contributed by atoms with Gasteiger partial charge in [-0.05, 0) is 37.1 Å². The monoisotopic (exact) mass is 230 g/mol. The number of anilines is 1. The molecular formula is C13H14N2O2. The van der Waals surface area contributed by atoms with E-state index in [4.69, 9.17) is 10.3 Å². The van der Waals surface area contributed by atoms with Crippen LogP contribution in [0.1, 0.15) is 27.2 Å². The van der Waals surface area contributed by atoms with Crippen molar-refractivity contribution in [2.45, 2.75) is 20.3 Å². The van der Waals surface area contributed by atoms with Crippen molar-refractivity contribution in [2.75, 3.05) is 5.73 Å². The van der Waals surface area contributed by atoms with Crippen molar-refractivity contribution in [2.24, 2.45) is 0 Å². The standard InChI is InChI=1S/C13H14N2O2/c1-8-3-4-11(14)5-10(8)6-13(16)12-7-15-17-9(12)2/h3-5,7H,6,14H2,1-2H3. The van der Waals surface area contributed by atoms with Gasteiger partial charge in [-0.3, -0.25) is 4.79 Å². The van der Waals surface area contributed by atoms with E-state index < -0.39 is 0 Å². The molecule has 1 aromatic carbocycles. The highest BCUT2D eigenvalue weighted by Gasteiger charge is 2.14. The molecule has 0 saturated heterocycles. The molecule has 4 nitrogen and oxygen atoms in total. The number of benzene rings is 1. The Kier molecular flexibility index (Phi) is 2.95. The largest absolute Gasteiger partial charge is 0.399 e. The van der Waals surface area contributed by atoms with Gasteiger partial charge in [0, 0.05) is 12.1 Å². The van der Waals surface area contributed by atoms with Crippen LogP contribution in [0.4, 0.5) is 5.69 Å². The second-order valence-electron chi connectivity index (χ2n) is 4.08. The summed E-state index contributed by atoms with van der Waals surface area (Å²) in [5.74, 6) is 0.550. The molecule has 2 rings (SSSR count). The minimum Gasteiger partial charge on any atom is -0.399 e. The van der Waals surface area contributed by atoms with Crippen molar-refractivity contribution >= 4 is 11.5 Å². The molecule has 0 spiro atoms. The zero-order valence-corrected chi connectivity index (χ0v) is 9.86. The van der Waals surface area contributed by atoms with Gasteiger partial charge in [0.2, 0.25) is 0 Å². The Morgan fingerprint density at radius 3 is 2.82 bits per heavy atom. The highest BCUT2D eigenvalue weighted by Crippen LogP contribution is 2.16. The summed E-state index contributed by atoms with van der Waals surface area (Å²) in [7, 11) is 0. The molecule has 0 aliphatic heterocycles. The number of nitrogens with two attached hydrogens (primary N) is 1. The molecule has 0 atom stereocenters. The van der Waals surface area contributed by atoms with E-state index in [1.54, 1.807) is 6.92 Å². The lowest BCUT2D eigenvalue weighted by atomic mass is 9.99.